The average molecular weight is 269 g/mol. The van der Waals surface area contributed by atoms with Crippen LogP contribution in [0.1, 0.15) is 29.2 Å². The predicted molar refractivity (Wildman–Crippen MR) is 75.0 cm³/mol. The van der Waals surface area contributed by atoms with E-state index in [4.69, 9.17) is 4.74 Å². The third-order valence-corrected chi connectivity index (χ3v) is 3.81. The lowest BCUT2D eigenvalue weighted by molar-refractivity contribution is -0.135. The van der Waals surface area contributed by atoms with Crippen LogP contribution >= 0.6 is 0 Å². The van der Waals surface area contributed by atoms with Gasteiger partial charge in [-0.25, -0.2) is 0 Å². The number of hydrogen-bond acceptors (Lipinski definition) is 3. The number of hydrogen-bond donors (Lipinski definition) is 0. The van der Waals surface area contributed by atoms with Gasteiger partial charge in [-0.2, -0.15) is 0 Å². The molecule has 3 rings (SSSR count). The summed E-state index contributed by atoms with van der Waals surface area (Å²) in [6, 6.07) is 11.4. The molecule has 20 heavy (non-hydrogen) atoms. The van der Waals surface area contributed by atoms with Crippen molar-refractivity contribution in [3.8, 4) is 5.75 Å². The number of benzene rings is 1. The Labute approximate surface area is 116 Å². The Morgan fingerprint density at radius 1 is 1.20 bits per heavy atom. The van der Waals surface area contributed by atoms with Crippen LogP contribution < -0.4 is 10.3 Å². The van der Waals surface area contributed by atoms with Crippen molar-refractivity contribution in [1.82, 2.24) is 4.57 Å². The Hall–Kier alpha value is -2.36. The maximum absolute atomic E-state index is 12.5. The lowest BCUT2D eigenvalue weighted by Crippen LogP contribution is -2.31. The van der Waals surface area contributed by atoms with Crippen molar-refractivity contribution in [2.75, 3.05) is 0 Å². The van der Waals surface area contributed by atoms with E-state index in [2.05, 4.69) is 0 Å². The van der Waals surface area contributed by atoms with Crippen LogP contribution in [-0.4, -0.2) is 10.5 Å². The molecule has 102 valence electrons. The summed E-state index contributed by atoms with van der Waals surface area (Å²) in [4.78, 5) is 24.3. The molecule has 0 amide bonds. The number of aryl methyl sites for hydroxylation is 1. The molecule has 0 saturated carbocycles. The van der Waals surface area contributed by atoms with Crippen molar-refractivity contribution in [3.05, 3.63) is 63.6 Å². The zero-order chi connectivity index (χ0) is 14.3. The second-order valence-corrected chi connectivity index (χ2v) is 5.07. The largest absolute Gasteiger partial charge is 0.426 e. The minimum Gasteiger partial charge on any atom is -0.426 e. The zero-order valence-corrected chi connectivity index (χ0v) is 11.4. The van der Waals surface area contributed by atoms with E-state index in [-0.39, 0.29) is 23.9 Å². The minimum absolute atomic E-state index is 0.0960. The van der Waals surface area contributed by atoms with Gasteiger partial charge in [0.25, 0.3) is 5.56 Å². The summed E-state index contributed by atoms with van der Waals surface area (Å²) < 4.78 is 6.84. The number of nitrogens with zero attached hydrogens (tertiary/aromatic N) is 1. The first-order valence-corrected chi connectivity index (χ1v) is 6.54. The fourth-order valence-electron chi connectivity index (χ4n) is 2.62. The molecular weight excluding hydrogens is 254 g/mol. The van der Waals surface area contributed by atoms with Gasteiger partial charge >= 0.3 is 5.97 Å². The van der Waals surface area contributed by atoms with Gasteiger partial charge in [-0.3, -0.25) is 9.59 Å². The van der Waals surface area contributed by atoms with Crippen LogP contribution in [0.3, 0.4) is 0 Å². The molecule has 1 atom stereocenters. The summed E-state index contributed by atoms with van der Waals surface area (Å²) >= 11 is 0. The second kappa shape index (κ2) is 4.63. The maximum Gasteiger partial charge on any atom is 0.312 e. The first-order chi connectivity index (χ1) is 9.58. The van der Waals surface area contributed by atoms with Gasteiger partial charge in [0.1, 0.15) is 5.75 Å². The van der Waals surface area contributed by atoms with E-state index in [1.807, 2.05) is 37.3 Å². The van der Waals surface area contributed by atoms with Gasteiger partial charge in [-0.05, 0) is 12.5 Å². The molecule has 0 N–H and O–H groups in total. The number of ether oxygens (including phenoxy) is 1. The monoisotopic (exact) mass is 269 g/mol. The van der Waals surface area contributed by atoms with Gasteiger partial charge in [0.2, 0.25) is 0 Å². The Morgan fingerprint density at radius 3 is 2.60 bits per heavy atom. The number of pyridine rings is 1. The molecule has 1 aromatic carbocycles. The van der Waals surface area contributed by atoms with Crippen LogP contribution in [0.2, 0.25) is 0 Å². The first-order valence-electron chi connectivity index (χ1n) is 6.54. The van der Waals surface area contributed by atoms with Crippen molar-refractivity contribution in [2.45, 2.75) is 19.3 Å². The average Bonchev–Trinajstić information content (AvgIpc) is 2.45. The van der Waals surface area contributed by atoms with Gasteiger partial charge in [-0.1, -0.05) is 30.3 Å². The standard InChI is InChI=1S/C16H15NO3/c1-10-8-13-15(16(19)17(10)2)12(9-14(18)20-13)11-6-4-3-5-7-11/h3-8,12H,9H2,1-2H3. The van der Waals surface area contributed by atoms with Gasteiger partial charge in [0.15, 0.2) is 0 Å². The summed E-state index contributed by atoms with van der Waals surface area (Å²) in [5.74, 6) is -0.124. The number of esters is 1. The van der Waals surface area contributed by atoms with Crippen molar-refractivity contribution < 1.29 is 9.53 Å². The van der Waals surface area contributed by atoms with Crippen LogP contribution in [-0.2, 0) is 11.8 Å². The van der Waals surface area contributed by atoms with Gasteiger partial charge in [-0.15, -0.1) is 0 Å². The highest BCUT2D eigenvalue weighted by Gasteiger charge is 2.31. The van der Waals surface area contributed by atoms with E-state index < -0.39 is 0 Å². The van der Waals surface area contributed by atoms with Crippen LogP contribution in [0.4, 0.5) is 0 Å². The minimum atomic E-state index is -0.293. The Morgan fingerprint density at radius 2 is 1.90 bits per heavy atom. The lowest BCUT2D eigenvalue weighted by Gasteiger charge is -2.25. The Kier molecular flexibility index (Phi) is 2.93. The molecule has 0 fully saturated rings. The summed E-state index contributed by atoms with van der Waals surface area (Å²) in [5.41, 5.74) is 2.21. The van der Waals surface area contributed by atoms with E-state index in [9.17, 15) is 9.59 Å². The molecule has 0 bridgehead atoms. The number of fused-ring (bicyclic) bond motifs is 1. The van der Waals surface area contributed by atoms with E-state index in [1.165, 1.54) is 0 Å². The number of rotatable bonds is 1. The second-order valence-electron chi connectivity index (χ2n) is 5.07. The summed E-state index contributed by atoms with van der Waals surface area (Å²) in [5, 5.41) is 0. The van der Waals surface area contributed by atoms with Crippen LogP contribution in [0.15, 0.2) is 41.2 Å². The van der Waals surface area contributed by atoms with Crippen LogP contribution in [0.5, 0.6) is 5.75 Å². The maximum atomic E-state index is 12.5. The van der Waals surface area contributed by atoms with Gasteiger partial charge in [0.05, 0.1) is 12.0 Å². The molecule has 0 radical (unpaired) electrons. The molecule has 1 aliphatic rings. The van der Waals surface area contributed by atoms with Gasteiger partial charge in [0, 0.05) is 24.7 Å². The number of carbonyl (C=O) groups is 1. The molecule has 2 aromatic rings. The number of carbonyl (C=O) groups excluding carboxylic acids is 1. The topological polar surface area (TPSA) is 48.3 Å². The lowest BCUT2D eigenvalue weighted by atomic mass is 9.87. The SMILES string of the molecule is Cc1cc2c(c(=O)n1C)C(c1ccccc1)CC(=O)O2. The summed E-state index contributed by atoms with van der Waals surface area (Å²) in [7, 11) is 1.73. The first kappa shape index (κ1) is 12.7. The fraction of sp³-hybridized carbons (Fsp3) is 0.250. The molecule has 0 aliphatic carbocycles. The van der Waals surface area contributed by atoms with E-state index in [1.54, 1.807) is 17.7 Å². The Balaban J connectivity index is 2.25. The highest BCUT2D eigenvalue weighted by molar-refractivity contribution is 5.77. The highest BCUT2D eigenvalue weighted by atomic mass is 16.5. The normalized spacial score (nSPS) is 17.5. The van der Waals surface area contributed by atoms with Crippen molar-refractivity contribution >= 4 is 5.97 Å². The number of aromatic nitrogens is 1. The molecule has 0 spiro atoms. The van der Waals surface area contributed by atoms with Crippen molar-refractivity contribution in [3.63, 3.8) is 0 Å². The predicted octanol–water partition coefficient (Wildman–Crippen LogP) is 2.13. The molecule has 0 saturated heterocycles. The van der Waals surface area contributed by atoms with Crippen LogP contribution in [0, 0.1) is 6.92 Å². The molecule has 2 heterocycles. The molecule has 4 nitrogen and oxygen atoms in total. The fourth-order valence-corrected chi connectivity index (χ4v) is 2.62. The Bertz CT molecular complexity index is 731. The highest BCUT2D eigenvalue weighted by Crippen LogP contribution is 2.36. The van der Waals surface area contributed by atoms with E-state index in [0.29, 0.717) is 11.3 Å². The van der Waals surface area contributed by atoms with Crippen molar-refractivity contribution in [2.24, 2.45) is 7.05 Å². The molecule has 1 aromatic heterocycles. The van der Waals surface area contributed by atoms with Crippen molar-refractivity contribution in [1.29, 1.82) is 0 Å². The summed E-state index contributed by atoms with van der Waals surface area (Å²) in [6.45, 7) is 1.82. The third-order valence-electron chi connectivity index (χ3n) is 3.81. The molecule has 4 heteroatoms. The molecule has 1 unspecified atom stereocenters. The van der Waals surface area contributed by atoms with E-state index >= 15 is 0 Å². The van der Waals surface area contributed by atoms with Gasteiger partial charge < -0.3 is 9.30 Å². The molecule has 1 aliphatic heterocycles. The van der Waals surface area contributed by atoms with Crippen LogP contribution in [0.25, 0.3) is 0 Å². The smallest absolute Gasteiger partial charge is 0.312 e. The quantitative estimate of drug-likeness (QED) is 0.745. The third kappa shape index (κ3) is 1.93. The zero-order valence-electron chi connectivity index (χ0n) is 11.4. The van der Waals surface area contributed by atoms with E-state index in [0.717, 1.165) is 11.3 Å². The summed E-state index contributed by atoms with van der Waals surface area (Å²) in [6.07, 6.45) is 0.204. The molecular formula is C16H15NO3.